The second kappa shape index (κ2) is 2.76. The van der Waals surface area contributed by atoms with Gasteiger partial charge in [-0.15, -0.1) is 0 Å². The quantitative estimate of drug-likeness (QED) is 0.476. The predicted octanol–water partition coefficient (Wildman–Crippen LogP) is 3.70. The zero-order valence-electron chi connectivity index (χ0n) is 8.19. The molecular formula is C12H18. The molecule has 0 amide bonds. The summed E-state index contributed by atoms with van der Waals surface area (Å²) in [5.74, 6) is 1.79. The standard InChI is InChI=1S/C12H18/c1-8-4-5-11-6-9(2)10(3)7-12(8)11/h11-12H,1,4-7H2,2-3H3. The van der Waals surface area contributed by atoms with Gasteiger partial charge in [-0.1, -0.05) is 23.3 Å². The number of fused-ring (bicyclic) bond motifs is 1. The SMILES string of the molecule is C=C1CCC2CC(C)=C(C)CC12. The minimum Gasteiger partial charge on any atom is -0.0996 e. The number of rotatable bonds is 0. The third-order valence-electron chi connectivity index (χ3n) is 3.75. The first-order valence-electron chi connectivity index (χ1n) is 5.01. The Balaban J connectivity index is 2.22. The van der Waals surface area contributed by atoms with Gasteiger partial charge in [0.25, 0.3) is 0 Å². The second-order valence-electron chi connectivity index (χ2n) is 4.53. The van der Waals surface area contributed by atoms with Crippen LogP contribution in [-0.2, 0) is 0 Å². The molecule has 0 aromatic heterocycles. The Morgan fingerprint density at radius 1 is 1.17 bits per heavy atom. The average Bonchev–Trinajstić information content (AvgIpc) is 2.35. The fourth-order valence-corrected chi connectivity index (χ4v) is 2.72. The van der Waals surface area contributed by atoms with E-state index in [1.165, 1.54) is 31.3 Å². The molecular weight excluding hydrogens is 144 g/mol. The normalized spacial score (nSPS) is 35.7. The summed E-state index contributed by atoms with van der Waals surface area (Å²) in [6.07, 6.45) is 5.33. The molecule has 0 heteroatoms. The van der Waals surface area contributed by atoms with Crippen molar-refractivity contribution in [3.05, 3.63) is 23.3 Å². The summed E-state index contributed by atoms with van der Waals surface area (Å²) >= 11 is 0. The van der Waals surface area contributed by atoms with Crippen molar-refractivity contribution < 1.29 is 0 Å². The van der Waals surface area contributed by atoms with Crippen molar-refractivity contribution in [2.24, 2.45) is 11.8 Å². The van der Waals surface area contributed by atoms with E-state index < -0.39 is 0 Å². The van der Waals surface area contributed by atoms with Gasteiger partial charge in [-0.25, -0.2) is 0 Å². The molecule has 2 aliphatic carbocycles. The lowest BCUT2D eigenvalue weighted by Gasteiger charge is -2.27. The highest BCUT2D eigenvalue weighted by atomic mass is 14.4. The van der Waals surface area contributed by atoms with Crippen molar-refractivity contribution >= 4 is 0 Å². The molecule has 0 saturated heterocycles. The lowest BCUT2D eigenvalue weighted by atomic mass is 9.78. The van der Waals surface area contributed by atoms with Crippen LogP contribution in [0.1, 0.15) is 39.5 Å². The molecule has 1 fully saturated rings. The summed E-state index contributed by atoms with van der Waals surface area (Å²) in [6, 6.07) is 0. The molecule has 66 valence electrons. The Bertz CT molecular complexity index is 245. The van der Waals surface area contributed by atoms with Crippen LogP contribution in [0.2, 0.25) is 0 Å². The number of allylic oxidation sites excluding steroid dienone is 3. The van der Waals surface area contributed by atoms with Crippen molar-refractivity contribution in [3.8, 4) is 0 Å². The third kappa shape index (κ3) is 1.14. The lowest BCUT2D eigenvalue weighted by molar-refractivity contribution is 0.390. The van der Waals surface area contributed by atoms with Crippen molar-refractivity contribution in [2.45, 2.75) is 39.5 Å². The van der Waals surface area contributed by atoms with Gasteiger partial charge in [0.1, 0.15) is 0 Å². The fraction of sp³-hybridized carbons (Fsp3) is 0.667. The Morgan fingerprint density at radius 3 is 2.58 bits per heavy atom. The molecule has 2 rings (SSSR count). The molecule has 1 saturated carbocycles. The summed E-state index contributed by atoms with van der Waals surface area (Å²) < 4.78 is 0. The van der Waals surface area contributed by atoms with E-state index in [-0.39, 0.29) is 0 Å². The van der Waals surface area contributed by atoms with Crippen molar-refractivity contribution in [3.63, 3.8) is 0 Å². The molecule has 12 heavy (non-hydrogen) atoms. The van der Waals surface area contributed by atoms with Crippen molar-refractivity contribution in [2.75, 3.05) is 0 Å². The van der Waals surface area contributed by atoms with Gasteiger partial charge in [0.2, 0.25) is 0 Å². The predicted molar refractivity (Wildman–Crippen MR) is 53.0 cm³/mol. The Labute approximate surface area is 75.4 Å². The molecule has 2 atom stereocenters. The van der Waals surface area contributed by atoms with E-state index >= 15 is 0 Å². The third-order valence-corrected chi connectivity index (χ3v) is 3.75. The molecule has 0 aromatic carbocycles. The fourth-order valence-electron chi connectivity index (χ4n) is 2.72. The van der Waals surface area contributed by atoms with E-state index in [4.69, 9.17) is 0 Å². The first-order valence-corrected chi connectivity index (χ1v) is 5.01. The maximum atomic E-state index is 4.18. The molecule has 2 aliphatic rings. The summed E-state index contributed by atoms with van der Waals surface area (Å²) in [5, 5.41) is 0. The Kier molecular flexibility index (Phi) is 1.86. The van der Waals surface area contributed by atoms with E-state index in [0.29, 0.717) is 0 Å². The van der Waals surface area contributed by atoms with Crippen LogP contribution in [0.5, 0.6) is 0 Å². The highest BCUT2D eigenvalue weighted by Crippen LogP contribution is 2.46. The summed E-state index contributed by atoms with van der Waals surface area (Å²) in [4.78, 5) is 0. The van der Waals surface area contributed by atoms with Gasteiger partial charge >= 0.3 is 0 Å². The van der Waals surface area contributed by atoms with E-state index in [2.05, 4.69) is 20.4 Å². The zero-order chi connectivity index (χ0) is 8.72. The van der Waals surface area contributed by atoms with Gasteiger partial charge in [-0.3, -0.25) is 0 Å². The minimum atomic E-state index is 0.841. The van der Waals surface area contributed by atoms with Crippen LogP contribution >= 0.6 is 0 Å². The highest BCUT2D eigenvalue weighted by molar-refractivity contribution is 5.23. The van der Waals surface area contributed by atoms with E-state index in [0.717, 1.165) is 11.8 Å². The topological polar surface area (TPSA) is 0 Å². The van der Waals surface area contributed by atoms with Crippen LogP contribution in [0.15, 0.2) is 23.3 Å². The zero-order valence-corrected chi connectivity index (χ0v) is 8.19. The molecule has 2 unspecified atom stereocenters. The van der Waals surface area contributed by atoms with Crippen LogP contribution in [-0.4, -0.2) is 0 Å². The van der Waals surface area contributed by atoms with Crippen molar-refractivity contribution in [1.29, 1.82) is 0 Å². The monoisotopic (exact) mass is 162 g/mol. The van der Waals surface area contributed by atoms with E-state index in [1.54, 1.807) is 11.1 Å². The molecule has 0 bridgehead atoms. The molecule has 0 nitrogen and oxygen atoms in total. The van der Waals surface area contributed by atoms with Crippen LogP contribution in [0.3, 0.4) is 0 Å². The van der Waals surface area contributed by atoms with Crippen molar-refractivity contribution in [1.82, 2.24) is 0 Å². The van der Waals surface area contributed by atoms with Gasteiger partial charge in [0.15, 0.2) is 0 Å². The maximum absolute atomic E-state index is 4.18. The molecule has 0 aromatic rings. The highest BCUT2D eigenvalue weighted by Gasteiger charge is 2.33. The first kappa shape index (κ1) is 8.10. The second-order valence-corrected chi connectivity index (χ2v) is 4.53. The van der Waals surface area contributed by atoms with Crippen LogP contribution in [0.4, 0.5) is 0 Å². The first-order chi connectivity index (χ1) is 5.68. The molecule has 0 aliphatic heterocycles. The summed E-state index contributed by atoms with van der Waals surface area (Å²) in [7, 11) is 0. The molecule has 0 heterocycles. The van der Waals surface area contributed by atoms with Crippen LogP contribution < -0.4 is 0 Å². The van der Waals surface area contributed by atoms with Gasteiger partial charge < -0.3 is 0 Å². The maximum Gasteiger partial charge on any atom is -0.0137 e. The summed E-state index contributed by atoms with van der Waals surface area (Å²) in [6.45, 7) is 8.76. The smallest absolute Gasteiger partial charge is 0.0137 e. The molecule has 0 spiro atoms. The molecule has 0 radical (unpaired) electrons. The van der Waals surface area contributed by atoms with Gasteiger partial charge in [-0.2, -0.15) is 0 Å². The largest absolute Gasteiger partial charge is 0.0996 e. The van der Waals surface area contributed by atoms with Gasteiger partial charge in [0.05, 0.1) is 0 Å². The van der Waals surface area contributed by atoms with Gasteiger partial charge in [-0.05, 0) is 51.4 Å². The Hall–Kier alpha value is -0.520. The number of hydrogen-bond acceptors (Lipinski definition) is 0. The Morgan fingerprint density at radius 2 is 1.83 bits per heavy atom. The van der Waals surface area contributed by atoms with Crippen LogP contribution in [0, 0.1) is 11.8 Å². The number of hydrogen-bond donors (Lipinski definition) is 0. The average molecular weight is 162 g/mol. The minimum absolute atomic E-state index is 0.841. The van der Waals surface area contributed by atoms with E-state index in [1.807, 2.05) is 0 Å². The lowest BCUT2D eigenvalue weighted by Crippen LogP contribution is -2.15. The van der Waals surface area contributed by atoms with Crippen LogP contribution in [0.25, 0.3) is 0 Å². The summed E-state index contributed by atoms with van der Waals surface area (Å²) in [5.41, 5.74) is 4.79. The van der Waals surface area contributed by atoms with Gasteiger partial charge in [0, 0.05) is 0 Å². The van der Waals surface area contributed by atoms with E-state index in [9.17, 15) is 0 Å². The molecule has 0 N–H and O–H groups in total.